The monoisotopic (exact) mass is 413 g/mol. The van der Waals surface area contributed by atoms with E-state index in [9.17, 15) is 9.00 Å². The fraction of sp³-hybridized carbons (Fsp3) is 0.375. The minimum atomic E-state index is -1.27. The zero-order valence-electron chi connectivity index (χ0n) is 17.5. The average molecular weight is 414 g/mol. The van der Waals surface area contributed by atoms with Crippen LogP contribution in [0.5, 0.6) is 0 Å². The molecular weight excluding hydrogens is 382 g/mol. The van der Waals surface area contributed by atoms with E-state index < -0.39 is 16.9 Å². The van der Waals surface area contributed by atoms with Crippen molar-refractivity contribution in [1.29, 1.82) is 0 Å². The predicted octanol–water partition coefficient (Wildman–Crippen LogP) is 5.39. The molecule has 2 aromatic rings. The van der Waals surface area contributed by atoms with Crippen LogP contribution in [0.4, 0.5) is 4.79 Å². The normalized spacial score (nSPS) is 14.1. The molecule has 0 fully saturated rings. The number of carbonyl (C=O) groups excluding carboxylic acids is 1. The number of benzene rings is 2. The summed E-state index contributed by atoms with van der Waals surface area (Å²) in [7, 11) is -1.27. The Kier molecular flexibility index (Phi) is 9.13. The van der Waals surface area contributed by atoms with Crippen LogP contribution in [0.15, 0.2) is 72.1 Å². The molecule has 0 saturated heterocycles. The summed E-state index contributed by atoms with van der Waals surface area (Å²) in [4.78, 5) is 13.2. The summed E-state index contributed by atoms with van der Waals surface area (Å²) < 4.78 is 18.7. The number of amides is 1. The van der Waals surface area contributed by atoms with Gasteiger partial charge in [-0.2, -0.15) is 0 Å². The van der Waals surface area contributed by atoms with Gasteiger partial charge in [0.2, 0.25) is 0 Å². The van der Waals surface area contributed by atoms with Gasteiger partial charge in [-0.05, 0) is 43.4 Å². The summed E-state index contributed by atoms with van der Waals surface area (Å²) >= 11 is 0. The van der Waals surface area contributed by atoms with Crippen molar-refractivity contribution in [1.82, 2.24) is 5.32 Å². The third-order valence-corrected chi connectivity index (χ3v) is 6.43. The second kappa shape index (κ2) is 11.6. The first-order chi connectivity index (χ1) is 13.9. The number of carbonyl (C=O) groups is 1. The Labute approximate surface area is 176 Å². The first kappa shape index (κ1) is 22.9. The van der Waals surface area contributed by atoms with E-state index in [1.165, 1.54) is 0 Å². The van der Waals surface area contributed by atoms with Crippen molar-refractivity contribution < 1.29 is 13.7 Å². The standard InChI is InChI=1S/C24H31NO3S/c1-5-9-23(29(27)21-14-12-19(4)13-15-21)22(16-18(2)3)25-24(26)28-17-20-10-7-6-8-11-20/h5-8,10-15,18,22-23H,1,9,16-17H2,2-4H3,(H,25,26)/t22-,23+,29-/m0/s1. The van der Waals surface area contributed by atoms with Gasteiger partial charge in [-0.15, -0.1) is 6.58 Å². The number of nitrogens with one attached hydrogen (secondary N) is 1. The molecule has 0 bridgehead atoms. The molecular formula is C24H31NO3S. The molecule has 2 aromatic carbocycles. The number of hydrogen-bond donors (Lipinski definition) is 1. The number of rotatable bonds is 10. The van der Waals surface area contributed by atoms with E-state index in [4.69, 9.17) is 4.74 Å². The Bertz CT molecular complexity index is 803. The topological polar surface area (TPSA) is 55.4 Å². The van der Waals surface area contributed by atoms with E-state index in [2.05, 4.69) is 25.7 Å². The van der Waals surface area contributed by atoms with Gasteiger partial charge in [-0.1, -0.05) is 68.0 Å². The minimum absolute atomic E-state index is 0.203. The minimum Gasteiger partial charge on any atom is -0.445 e. The second-order valence-electron chi connectivity index (χ2n) is 7.62. The second-order valence-corrected chi connectivity index (χ2v) is 9.29. The molecule has 0 aliphatic heterocycles. The van der Waals surface area contributed by atoms with Gasteiger partial charge < -0.3 is 10.1 Å². The SMILES string of the molecule is C=CC[C@H]([C@H](CC(C)C)NC(=O)OCc1ccccc1)[S@@](=O)c1ccc(C)cc1. The van der Waals surface area contributed by atoms with Crippen LogP contribution in [-0.4, -0.2) is 21.6 Å². The molecule has 4 nitrogen and oxygen atoms in total. The zero-order valence-corrected chi connectivity index (χ0v) is 18.3. The molecule has 5 heteroatoms. The van der Waals surface area contributed by atoms with Crippen molar-refractivity contribution in [2.75, 3.05) is 0 Å². The Balaban J connectivity index is 2.12. The highest BCUT2D eigenvalue weighted by Gasteiger charge is 2.29. The molecule has 0 aromatic heterocycles. The molecule has 29 heavy (non-hydrogen) atoms. The van der Waals surface area contributed by atoms with Gasteiger partial charge >= 0.3 is 6.09 Å². The zero-order chi connectivity index (χ0) is 21.2. The highest BCUT2D eigenvalue weighted by Crippen LogP contribution is 2.22. The van der Waals surface area contributed by atoms with Gasteiger partial charge in [0, 0.05) is 10.9 Å². The Morgan fingerprint density at radius 3 is 2.38 bits per heavy atom. The maximum absolute atomic E-state index is 13.3. The van der Waals surface area contributed by atoms with Crippen molar-refractivity contribution in [2.24, 2.45) is 5.92 Å². The molecule has 1 N–H and O–H groups in total. The third kappa shape index (κ3) is 7.50. The number of aryl methyl sites for hydroxylation is 1. The number of alkyl carbamates (subject to hydrolysis) is 1. The van der Waals surface area contributed by atoms with Gasteiger partial charge in [0.1, 0.15) is 6.61 Å². The predicted molar refractivity (Wildman–Crippen MR) is 119 cm³/mol. The number of ether oxygens (including phenoxy) is 1. The molecule has 0 aliphatic rings. The van der Waals surface area contributed by atoms with E-state index in [0.29, 0.717) is 18.8 Å². The van der Waals surface area contributed by atoms with E-state index in [-0.39, 0.29) is 17.9 Å². The lowest BCUT2D eigenvalue weighted by Gasteiger charge is -2.28. The van der Waals surface area contributed by atoms with Crippen molar-refractivity contribution in [3.8, 4) is 0 Å². The van der Waals surface area contributed by atoms with Crippen LogP contribution in [0.1, 0.15) is 37.8 Å². The van der Waals surface area contributed by atoms with Crippen LogP contribution >= 0.6 is 0 Å². The lowest BCUT2D eigenvalue weighted by atomic mass is 9.99. The van der Waals surface area contributed by atoms with E-state index in [1.807, 2.05) is 61.5 Å². The summed E-state index contributed by atoms with van der Waals surface area (Å²) in [5.41, 5.74) is 2.04. The van der Waals surface area contributed by atoms with Crippen LogP contribution in [0.3, 0.4) is 0 Å². The Morgan fingerprint density at radius 1 is 1.14 bits per heavy atom. The summed E-state index contributed by atoms with van der Waals surface area (Å²) in [6.07, 6.45) is 2.52. The Morgan fingerprint density at radius 2 is 1.79 bits per heavy atom. The van der Waals surface area contributed by atoms with Crippen LogP contribution in [0.25, 0.3) is 0 Å². The molecule has 2 rings (SSSR count). The Hall–Kier alpha value is -2.40. The van der Waals surface area contributed by atoms with Crippen LogP contribution < -0.4 is 5.32 Å². The highest BCUT2D eigenvalue weighted by molar-refractivity contribution is 7.85. The van der Waals surface area contributed by atoms with Gasteiger partial charge in [-0.3, -0.25) is 4.21 Å². The average Bonchev–Trinajstić information content (AvgIpc) is 2.70. The maximum Gasteiger partial charge on any atom is 0.407 e. The lowest BCUT2D eigenvalue weighted by molar-refractivity contribution is 0.134. The van der Waals surface area contributed by atoms with E-state index in [1.54, 1.807) is 6.08 Å². The van der Waals surface area contributed by atoms with E-state index in [0.717, 1.165) is 16.0 Å². The molecule has 0 saturated carbocycles. The number of hydrogen-bond acceptors (Lipinski definition) is 3. The fourth-order valence-electron chi connectivity index (χ4n) is 3.14. The summed E-state index contributed by atoms with van der Waals surface area (Å²) in [5, 5.41) is 2.69. The van der Waals surface area contributed by atoms with Crippen molar-refractivity contribution in [3.05, 3.63) is 78.4 Å². The molecule has 156 valence electrons. The van der Waals surface area contributed by atoms with Crippen LogP contribution in [-0.2, 0) is 22.1 Å². The van der Waals surface area contributed by atoms with Gasteiger partial charge in [-0.25, -0.2) is 4.79 Å². The van der Waals surface area contributed by atoms with Gasteiger partial charge in [0.25, 0.3) is 0 Å². The molecule has 0 heterocycles. The maximum atomic E-state index is 13.3. The smallest absolute Gasteiger partial charge is 0.407 e. The highest BCUT2D eigenvalue weighted by atomic mass is 32.2. The summed E-state index contributed by atoms with van der Waals surface area (Å²) in [5.74, 6) is 0.330. The molecule has 0 aliphatic carbocycles. The molecule has 3 atom stereocenters. The first-order valence-corrected chi connectivity index (χ1v) is 11.2. The van der Waals surface area contributed by atoms with Crippen molar-refractivity contribution >= 4 is 16.9 Å². The quantitative estimate of drug-likeness (QED) is 0.532. The fourth-order valence-corrected chi connectivity index (χ4v) is 4.68. The number of allylic oxidation sites excluding steroid dienone is 1. The lowest BCUT2D eigenvalue weighted by Crippen LogP contribution is -2.46. The molecule has 0 unspecified atom stereocenters. The van der Waals surface area contributed by atoms with E-state index >= 15 is 0 Å². The largest absolute Gasteiger partial charge is 0.445 e. The van der Waals surface area contributed by atoms with Crippen LogP contribution in [0, 0.1) is 12.8 Å². The summed E-state index contributed by atoms with van der Waals surface area (Å²) in [6, 6.07) is 17.0. The summed E-state index contributed by atoms with van der Waals surface area (Å²) in [6.45, 7) is 10.2. The van der Waals surface area contributed by atoms with Crippen molar-refractivity contribution in [2.45, 2.75) is 56.4 Å². The van der Waals surface area contributed by atoms with Gasteiger partial charge in [0.05, 0.1) is 16.0 Å². The molecule has 1 amide bonds. The van der Waals surface area contributed by atoms with Crippen molar-refractivity contribution in [3.63, 3.8) is 0 Å². The van der Waals surface area contributed by atoms with Gasteiger partial charge in [0.15, 0.2) is 0 Å². The van der Waals surface area contributed by atoms with Crippen LogP contribution in [0.2, 0.25) is 0 Å². The third-order valence-electron chi connectivity index (χ3n) is 4.62. The molecule has 0 radical (unpaired) electrons. The molecule has 0 spiro atoms. The first-order valence-electron chi connectivity index (χ1n) is 9.96.